The number of halogens is 3. The van der Waals surface area contributed by atoms with E-state index < -0.39 is 34.9 Å². The highest BCUT2D eigenvalue weighted by Crippen LogP contribution is 2.46. The highest BCUT2D eigenvalue weighted by Gasteiger charge is 2.46. The van der Waals surface area contributed by atoms with Gasteiger partial charge in [-0.2, -0.15) is 31.0 Å². The van der Waals surface area contributed by atoms with Gasteiger partial charge in [0.15, 0.2) is 11.6 Å². The fraction of sp³-hybridized carbons (Fsp3) is 0.633. The number of amides is 1. The summed E-state index contributed by atoms with van der Waals surface area (Å²) in [6.45, 7) is 3.76. The predicted octanol–water partition coefficient (Wildman–Crippen LogP) is 2.31. The lowest BCUT2D eigenvalue weighted by Crippen LogP contribution is -2.61. The van der Waals surface area contributed by atoms with Crippen LogP contribution in [0.25, 0.3) is 0 Å². The number of rotatable bonds is 11. The molecule has 1 amide bonds. The van der Waals surface area contributed by atoms with E-state index in [2.05, 4.69) is 24.5 Å². The molecule has 17 heteroatoms. The molecule has 0 saturated carbocycles. The smallest absolute Gasteiger partial charge is 0.402 e. The molecule has 4 saturated heterocycles. The number of nitrogens with one attached hydrogen (secondary N) is 2. The van der Waals surface area contributed by atoms with Gasteiger partial charge in [-0.05, 0) is 51.3 Å². The number of nitrogens with zero attached hydrogens (tertiary/aromatic N) is 4. The lowest BCUT2D eigenvalue weighted by Gasteiger charge is -2.54. The molecular weight excluding hydrogens is 643 g/mol. The molecule has 3 atom stereocenters. The minimum atomic E-state index is -4.63. The second kappa shape index (κ2) is 13.8. The minimum absolute atomic E-state index is 0.0736. The van der Waals surface area contributed by atoms with Crippen molar-refractivity contribution in [3.8, 4) is 11.5 Å². The molecule has 0 unspecified atom stereocenters. The third-order valence-corrected chi connectivity index (χ3v) is 10.6. The number of aromatic nitrogens is 2. The zero-order valence-corrected chi connectivity index (χ0v) is 26.7. The number of carbonyl (C=O) groups is 1. The van der Waals surface area contributed by atoms with Gasteiger partial charge in [-0.1, -0.05) is 12.1 Å². The van der Waals surface area contributed by atoms with E-state index in [0.29, 0.717) is 55.5 Å². The molecule has 6 rings (SSSR count). The minimum Gasteiger partial charge on any atom is -0.451 e. The molecule has 13 nitrogen and oxygen atoms in total. The number of para-hydroxylation sites is 1. The maximum atomic E-state index is 12.4. The van der Waals surface area contributed by atoms with Gasteiger partial charge in [-0.3, -0.25) is 4.79 Å². The van der Waals surface area contributed by atoms with Crippen LogP contribution >= 0.6 is 0 Å². The van der Waals surface area contributed by atoms with E-state index in [1.807, 2.05) is 6.07 Å². The summed E-state index contributed by atoms with van der Waals surface area (Å²) in [5.74, 6) is 1.06. The number of hydrogen-bond acceptors (Lipinski definition) is 10. The molecule has 0 aliphatic carbocycles. The molecular formula is C30H40F3N7O6S. The lowest BCUT2D eigenvalue weighted by atomic mass is 9.72. The standard InChI is InChI=1S/C30H40F3N7O6S/c31-30(32,33)16-37-47(42,43)38-21-4-5-22(45-15-21)13-39-9-7-29(8-10-39)17-40(18-29)28-25(12-35-19-36-28)46-26-23(20-6-11-44-14-20)2-1-3-24(26)27(34)41/h1-3,12,19-22,37-38H,4-11,13-18H2,(H2,34,41)/t20-,21+,22-/m0/s1. The number of carbonyl (C=O) groups excluding carboxylic acids is 1. The second-order valence-electron chi connectivity index (χ2n) is 12.9. The number of ether oxygens (including phenoxy) is 3. The first-order chi connectivity index (χ1) is 22.4. The highest BCUT2D eigenvalue weighted by molar-refractivity contribution is 7.87. The Labute approximate surface area is 271 Å². The molecule has 1 aromatic carbocycles. The quantitative estimate of drug-likeness (QED) is 0.321. The van der Waals surface area contributed by atoms with Crippen LogP contribution in [-0.4, -0.2) is 107 Å². The Bertz CT molecular complexity index is 1520. The van der Waals surface area contributed by atoms with E-state index in [1.165, 1.54) is 11.0 Å². The van der Waals surface area contributed by atoms with Crippen LogP contribution in [-0.2, 0) is 19.7 Å². The number of nitrogens with two attached hydrogens (primary N) is 1. The molecule has 258 valence electrons. The van der Waals surface area contributed by atoms with Gasteiger partial charge in [0.05, 0.1) is 31.1 Å². The van der Waals surface area contributed by atoms with Gasteiger partial charge in [-0.15, -0.1) is 0 Å². The third kappa shape index (κ3) is 8.32. The zero-order chi connectivity index (χ0) is 33.2. The van der Waals surface area contributed by atoms with Crippen LogP contribution in [0.2, 0.25) is 0 Å². The van der Waals surface area contributed by atoms with E-state index in [9.17, 15) is 26.4 Å². The average Bonchev–Trinajstić information content (AvgIpc) is 3.56. The maximum absolute atomic E-state index is 12.4. The maximum Gasteiger partial charge on any atom is 0.402 e. The van der Waals surface area contributed by atoms with Gasteiger partial charge < -0.3 is 29.7 Å². The van der Waals surface area contributed by atoms with Gasteiger partial charge in [-0.25, -0.2) is 9.97 Å². The van der Waals surface area contributed by atoms with Gasteiger partial charge >= 0.3 is 6.18 Å². The van der Waals surface area contributed by atoms with Crippen LogP contribution < -0.4 is 24.8 Å². The van der Waals surface area contributed by atoms with E-state index in [0.717, 1.165) is 51.0 Å². The Morgan fingerprint density at radius 2 is 1.94 bits per heavy atom. The Morgan fingerprint density at radius 3 is 2.60 bits per heavy atom. The molecule has 0 bridgehead atoms. The fourth-order valence-electron chi connectivity index (χ4n) is 6.90. The Hall–Kier alpha value is -3.09. The van der Waals surface area contributed by atoms with Crippen molar-refractivity contribution >= 4 is 21.9 Å². The van der Waals surface area contributed by atoms with Crippen LogP contribution in [0, 0.1) is 5.41 Å². The van der Waals surface area contributed by atoms with E-state index in [1.54, 1.807) is 18.3 Å². The normalized spacial score (nSPS) is 25.1. The van der Waals surface area contributed by atoms with Gasteiger partial charge in [0, 0.05) is 49.2 Å². The molecule has 0 radical (unpaired) electrons. The summed E-state index contributed by atoms with van der Waals surface area (Å²) in [5, 5.41) is 0. The first-order valence-electron chi connectivity index (χ1n) is 15.8. The summed E-state index contributed by atoms with van der Waals surface area (Å²) in [4.78, 5) is 25.6. The Morgan fingerprint density at radius 1 is 1.15 bits per heavy atom. The largest absolute Gasteiger partial charge is 0.451 e. The number of likely N-dealkylation sites (tertiary alicyclic amines) is 1. The number of piperidine rings is 1. The highest BCUT2D eigenvalue weighted by atomic mass is 32.2. The van der Waals surface area contributed by atoms with Crippen molar-refractivity contribution in [1.29, 1.82) is 0 Å². The van der Waals surface area contributed by atoms with Crippen molar-refractivity contribution < 1.29 is 40.6 Å². The Balaban J connectivity index is 0.996. The molecule has 1 spiro atoms. The second-order valence-corrected chi connectivity index (χ2v) is 14.4. The number of primary amides is 1. The molecule has 4 aliphatic heterocycles. The van der Waals surface area contributed by atoms with Gasteiger partial charge in [0.2, 0.25) is 0 Å². The van der Waals surface area contributed by atoms with Gasteiger partial charge in [0.25, 0.3) is 16.1 Å². The van der Waals surface area contributed by atoms with Crippen LogP contribution in [0.1, 0.15) is 53.9 Å². The van der Waals surface area contributed by atoms with Crippen LogP contribution in [0.3, 0.4) is 0 Å². The monoisotopic (exact) mass is 683 g/mol. The topological polar surface area (TPSA) is 161 Å². The SMILES string of the molecule is NC(=O)c1cccc([C@H]2CCOC2)c1Oc1cncnc1N1CC2(CCN(C[C@@H]3CC[C@@H](NS(=O)(=O)NCC(F)(F)F)CO3)CC2)C1. The van der Waals surface area contributed by atoms with Crippen LogP contribution in [0.4, 0.5) is 19.0 Å². The average molecular weight is 684 g/mol. The summed E-state index contributed by atoms with van der Waals surface area (Å²) in [5.41, 5.74) is 7.03. The first-order valence-corrected chi connectivity index (χ1v) is 17.3. The first kappa shape index (κ1) is 33.8. The van der Waals surface area contributed by atoms with Crippen molar-refractivity contribution in [3.63, 3.8) is 0 Å². The van der Waals surface area contributed by atoms with E-state index in [-0.39, 0.29) is 24.0 Å². The molecule has 47 heavy (non-hydrogen) atoms. The van der Waals surface area contributed by atoms with Crippen molar-refractivity contribution in [1.82, 2.24) is 24.3 Å². The van der Waals surface area contributed by atoms with E-state index >= 15 is 0 Å². The molecule has 4 fully saturated rings. The Kier molecular flexibility index (Phi) is 9.92. The number of anilines is 1. The lowest BCUT2D eigenvalue weighted by molar-refractivity contribution is -0.121. The summed E-state index contributed by atoms with van der Waals surface area (Å²) < 4.78 is 82.6. The zero-order valence-electron chi connectivity index (χ0n) is 25.9. The van der Waals surface area contributed by atoms with Crippen molar-refractivity contribution in [2.24, 2.45) is 11.1 Å². The molecule has 4 N–H and O–H groups in total. The predicted molar refractivity (Wildman–Crippen MR) is 164 cm³/mol. The molecule has 4 aliphatic rings. The number of hydrogen-bond donors (Lipinski definition) is 3. The third-order valence-electron chi connectivity index (χ3n) is 9.44. The molecule has 2 aromatic rings. The van der Waals surface area contributed by atoms with E-state index in [4.69, 9.17) is 19.9 Å². The van der Waals surface area contributed by atoms with Crippen LogP contribution in [0.5, 0.6) is 11.5 Å². The molecule has 5 heterocycles. The van der Waals surface area contributed by atoms with Crippen molar-refractivity contribution in [2.45, 2.75) is 56.3 Å². The summed E-state index contributed by atoms with van der Waals surface area (Å²) >= 11 is 0. The summed E-state index contributed by atoms with van der Waals surface area (Å²) in [6.07, 6.45) is 2.28. The molecule has 1 aromatic heterocycles. The van der Waals surface area contributed by atoms with Crippen molar-refractivity contribution in [2.75, 3.05) is 64.0 Å². The summed E-state index contributed by atoms with van der Waals surface area (Å²) in [6, 6.07) is 4.83. The number of alkyl halides is 3. The number of benzene rings is 1. The van der Waals surface area contributed by atoms with Crippen LogP contribution in [0.15, 0.2) is 30.7 Å². The fourth-order valence-corrected chi connectivity index (χ4v) is 7.96. The van der Waals surface area contributed by atoms with Gasteiger partial charge in [0.1, 0.15) is 18.6 Å². The summed E-state index contributed by atoms with van der Waals surface area (Å²) in [7, 11) is -4.28. The van der Waals surface area contributed by atoms with Crippen molar-refractivity contribution in [3.05, 3.63) is 41.9 Å².